The van der Waals surface area contributed by atoms with Gasteiger partial charge in [0.1, 0.15) is 0 Å². The molecule has 0 spiro atoms. The standard InChI is InChI=1S/C12H24OS/c1-11(2,3)9-7-10(12(4,5)6)14(13)8-9/h9-10H,7-8H2,1-6H3. The molecule has 0 bridgehead atoms. The van der Waals surface area contributed by atoms with Crippen molar-refractivity contribution in [2.45, 2.75) is 53.2 Å². The van der Waals surface area contributed by atoms with Gasteiger partial charge < -0.3 is 0 Å². The molecule has 1 heterocycles. The summed E-state index contributed by atoms with van der Waals surface area (Å²) < 4.78 is 12.0. The minimum absolute atomic E-state index is 0.199. The van der Waals surface area contributed by atoms with Crippen LogP contribution < -0.4 is 0 Å². The smallest absolute Gasteiger partial charge is 0.0399 e. The summed E-state index contributed by atoms with van der Waals surface area (Å²) in [6.45, 7) is 13.4. The molecule has 0 radical (unpaired) electrons. The van der Waals surface area contributed by atoms with Gasteiger partial charge in [0.05, 0.1) is 0 Å². The van der Waals surface area contributed by atoms with E-state index < -0.39 is 10.8 Å². The Bertz CT molecular complexity index is 232. The van der Waals surface area contributed by atoms with E-state index in [2.05, 4.69) is 41.5 Å². The summed E-state index contributed by atoms with van der Waals surface area (Å²) >= 11 is 0. The van der Waals surface area contributed by atoms with Crippen LogP contribution in [0.2, 0.25) is 0 Å². The van der Waals surface area contributed by atoms with Crippen molar-refractivity contribution in [1.82, 2.24) is 0 Å². The van der Waals surface area contributed by atoms with Crippen molar-refractivity contribution in [2.75, 3.05) is 5.75 Å². The van der Waals surface area contributed by atoms with E-state index in [9.17, 15) is 4.21 Å². The van der Waals surface area contributed by atoms with Gasteiger partial charge in [-0.25, -0.2) is 0 Å². The van der Waals surface area contributed by atoms with Crippen LogP contribution in [0.3, 0.4) is 0 Å². The summed E-state index contributed by atoms with van der Waals surface area (Å²) in [5.74, 6) is 1.54. The molecule has 0 aromatic carbocycles. The van der Waals surface area contributed by atoms with Gasteiger partial charge in [-0.15, -0.1) is 0 Å². The molecule has 0 amide bonds. The monoisotopic (exact) mass is 216 g/mol. The van der Waals surface area contributed by atoms with Crippen LogP contribution in [0, 0.1) is 16.7 Å². The Kier molecular flexibility index (Phi) is 3.16. The average Bonchev–Trinajstić information content (AvgIpc) is 2.27. The molecule has 0 aliphatic carbocycles. The summed E-state index contributed by atoms with van der Waals surface area (Å²) in [4.78, 5) is 0. The molecule has 1 fully saturated rings. The SMILES string of the molecule is CC(C)(C)C1CC(C(C)(C)C)S(=O)C1. The topological polar surface area (TPSA) is 17.1 Å². The molecular formula is C12H24OS. The van der Waals surface area contributed by atoms with Gasteiger partial charge in [-0.05, 0) is 23.2 Å². The van der Waals surface area contributed by atoms with Gasteiger partial charge in [0.2, 0.25) is 0 Å². The van der Waals surface area contributed by atoms with Gasteiger partial charge in [-0.1, -0.05) is 41.5 Å². The fraction of sp³-hybridized carbons (Fsp3) is 1.00. The van der Waals surface area contributed by atoms with E-state index in [0.717, 1.165) is 12.2 Å². The average molecular weight is 216 g/mol. The van der Waals surface area contributed by atoms with Crippen molar-refractivity contribution in [1.29, 1.82) is 0 Å². The summed E-state index contributed by atoms with van der Waals surface area (Å²) in [5.41, 5.74) is 0.514. The van der Waals surface area contributed by atoms with Crippen molar-refractivity contribution >= 4 is 10.8 Å². The van der Waals surface area contributed by atoms with Crippen LogP contribution in [-0.2, 0) is 10.8 Å². The van der Waals surface area contributed by atoms with Crippen molar-refractivity contribution in [3.8, 4) is 0 Å². The molecule has 2 heteroatoms. The normalized spacial score (nSPS) is 34.9. The van der Waals surface area contributed by atoms with Crippen molar-refractivity contribution < 1.29 is 4.21 Å². The van der Waals surface area contributed by atoms with E-state index in [1.165, 1.54) is 0 Å². The first kappa shape index (κ1) is 12.2. The van der Waals surface area contributed by atoms with Crippen LogP contribution in [0.15, 0.2) is 0 Å². The van der Waals surface area contributed by atoms with E-state index in [0.29, 0.717) is 16.6 Å². The predicted molar refractivity (Wildman–Crippen MR) is 63.8 cm³/mol. The lowest BCUT2D eigenvalue weighted by molar-refractivity contribution is 0.237. The van der Waals surface area contributed by atoms with Crippen LogP contribution in [0.4, 0.5) is 0 Å². The molecule has 84 valence electrons. The lowest BCUT2D eigenvalue weighted by Gasteiger charge is -2.29. The van der Waals surface area contributed by atoms with Crippen LogP contribution in [0.1, 0.15) is 48.0 Å². The van der Waals surface area contributed by atoms with E-state index in [4.69, 9.17) is 0 Å². The molecule has 0 aromatic rings. The Balaban J connectivity index is 2.75. The van der Waals surface area contributed by atoms with E-state index >= 15 is 0 Å². The van der Waals surface area contributed by atoms with Gasteiger partial charge in [-0.2, -0.15) is 0 Å². The summed E-state index contributed by atoms with van der Waals surface area (Å²) in [6.07, 6.45) is 1.14. The first-order valence-corrected chi connectivity index (χ1v) is 6.88. The largest absolute Gasteiger partial charge is 0.259 e. The first-order chi connectivity index (χ1) is 6.12. The zero-order valence-electron chi connectivity index (χ0n) is 10.4. The van der Waals surface area contributed by atoms with Gasteiger partial charge in [0.15, 0.2) is 0 Å². The number of hydrogen-bond acceptors (Lipinski definition) is 1. The fourth-order valence-corrected chi connectivity index (χ4v) is 4.60. The third-order valence-electron chi connectivity index (χ3n) is 3.37. The van der Waals surface area contributed by atoms with Crippen molar-refractivity contribution in [2.24, 2.45) is 16.7 Å². The second-order valence-corrected chi connectivity index (χ2v) is 8.36. The summed E-state index contributed by atoms with van der Waals surface area (Å²) in [6, 6.07) is 0. The Morgan fingerprint density at radius 1 is 1.00 bits per heavy atom. The second-order valence-electron chi connectivity index (χ2n) is 6.70. The second kappa shape index (κ2) is 3.62. The molecule has 1 saturated heterocycles. The molecule has 1 aliphatic rings. The summed E-state index contributed by atoms with van der Waals surface area (Å²) in [7, 11) is -0.607. The highest BCUT2D eigenvalue weighted by Crippen LogP contribution is 2.42. The lowest BCUT2D eigenvalue weighted by atomic mass is 9.76. The van der Waals surface area contributed by atoms with Gasteiger partial charge in [0, 0.05) is 21.8 Å². The quantitative estimate of drug-likeness (QED) is 0.607. The van der Waals surface area contributed by atoms with Crippen LogP contribution >= 0.6 is 0 Å². The predicted octanol–water partition coefficient (Wildman–Crippen LogP) is 3.22. The molecule has 3 unspecified atom stereocenters. The Hall–Kier alpha value is 0.150. The fourth-order valence-electron chi connectivity index (χ4n) is 2.10. The van der Waals surface area contributed by atoms with Crippen LogP contribution in [0.5, 0.6) is 0 Å². The van der Waals surface area contributed by atoms with Gasteiger partial charge in [0.25, 0.3) is 0 Å². The third kappa shape index (κ3) is 2.59. The molecule has 0 saturated carbocycles. The van der Waals surface area contributed by atoms with Gasteiger partial charge >= 0.3 is 0 Å². The van der Waals surface area contributed by atoms with E-state index in [1.807, 2.05) is 0 Å². The molecule has 1 aliphatic heterocycles. The zero-order valence-corrected chi connectivity index (χ0v) is 11.2. The maximum Gasteiger partial charge on any atom is 0.0399 e. The zero-order chi connectivity index (χ0) is 11.1. The Morgan fingerprint density at radius 3 is 1.71 bits per heavy atom. The Morgan fingerprint density at radius 2 is 1.50 bits per heavy atom. The highest BCUT2D eigenvalue weighted by atomic mass is 32.2. The molecule has 0 aromatic heterocycles. The Labute approximate surface area is 91.1 Å². The molecule has 1 nitrogen and oxygen atoms in total. The van der Waals surface area contributed by atoms with E-state index in [-0.39, 0.29) is 5.41 Å². The minimum Gasteiger partial charge on any atom is -0.259 e. The summed E-state index contributed by atoms with van der Waals surface area (Å²) in [5, 5.41) is 0.395. The maximum absolute atomic E-state index is 12.0. The van der Waals surface area contributed by atoms with Crippen LogP contribution in [0.25, 0.3) is 0 Å². The van der Waals surface area contributed by atoms with Crippen molar-refractivity contribution in [3.05, 3.63) is 0 Å². The molecular weight excluding hydrogens is 192 g/mol. The molecule has 1 rings (SSSR count). The first-order valence-electron chi connectivity index (χ1n) is 5.49. The lowest BCUT2D eigenvalue weighted by Crippen LogP contribution is -2.27. The third-order valence-corrected chi connectivity index (χ3v) is 5.64. The van der Waals surface area contributed by atoms with Crippen molar-refractivity contribution in [3.63, 3.8) is 0 Å². The highest BCUT2D eigenvalue weighted by molar-refractivity contribution is 7.86. The molecule has 14 heavy (non-hydrogen) atoms. The van der Waals surface area contributed by atoms with E-state index in [1.54, 1.807) is 0 Å². The van der Waals surface area contributed by atoms with Gasteiger partial charge in [-0.3, -0.25) is 4.21 Å². The van der Waals surface area contributed by atoms with Crippen LogP contribution in [-0.4, -0.2) is 15.2 Å². The maximum atomic E-state index is 12.0. The number of rotatable bonds is 0. The molecule has 0 N–H and O–H groups in total. The number of hydrogen-bond donors (Lipinski definition) is 0. The molecule has 3 atom stereocenters. The minimum atomic E-state index is -0.607. The highest BCUT2D eigenvalue weighted by Gasteiger charge is 2.42.